The monoisotopic (exact) mass is 467 g/mol. The fourth-order valence-corrected chi connectivity index (χ4v) is 14.5. The molecule has 19 heavy (non-hydrogen) atoms. The molecule has 0 bridgehead atoms. The molecule has 115 valence electrons. The van der Waals surface area contributed by atoms with E-state index in [1.807, 2.05) is 0 Å². The van der Waals surface area contributed by atoms with Crippen molar-refractivity contribution in [3.8, 4) is 0 Å². The molecule has 1 radical (unpaired) electrons. The van der Waals surface area contributed by atoms with Gasteiger partial charge in [-0.05, 0) is 0 Å². The van der Waals surface area contributed by atoms with Crippen molar-refractivity contribution in [2.24, 2.45) is 5.92 Å². The number of carbonyl (C=O) groups is 1. The number of rotatable bonds is 10. The Hall–Kier alpha value is 0.392. The van der Waals surface area contributed by atoms with E-state index in [0.29, 0.717) is 0 Å². The average molecular weight is 467 g/mol. The minimum absolute atomic E-state index is 0.231. The number of hydrogen-bond acceptors (Lipinski definition) is 1. The summed E-state index contributed by atoms with van der Waals surface area (Å²) in [5, 5.41) is 7.99. The Morgan fingerprint density at radius 3 is 1.32 bits per heavy atom. The van der Waals surface area contributed by atoms with Gasteiger partial charge in [0.05, 0.1) is 5.92 Å². The molecule has 0 aromatic carbocycles. The first kappa shape index (κ1) is 21.7. The molecule has 0 aliphatic heterocycles. The second kappa shape index (κ2) is 16.4. The summed E-state index contributed by atoms with van der Waals surface area (Å²) in [6.45, 7) is 10.3. The van der Waals surface area contributed by atoms with Crippen LogP contribution in [0.25, 0.3) is 0 Å². The predicted octanol–water partition coefficient (Wildman–Crippen LogP) is 5.61. The van der Waals surface area contributed by atoms with E-state index in [1.54, 1.807) is 25.8 Å². The molecule has 0 saturated carbocycles. The summed E-state index contributed by atoms with van der Waals surface area (Å²) in [5.41, 5.74) is 0. The molecule has 0 heterocycles. The Kier molecular flexibility index (Phi) is 18.8. The van der Waals surface area contributed by atoms with Crippen LogP contribution in [-0.4, -0.2) is 33.8 Å². The summed E-state index contributed by atoms with van der Waals surface area (Å²) in [4.78, 5) is 9.70. The molecule has 0 aliphatic rings. The van der Waals surface area contributed by atoms with Crippen LogP contribution in [0.15, 0.2) is 0 Å². The van der Waals surface area contributed by atoms with E-state index in [2.05, 4.69) is 20.8 Å². The van der Waals surface area contributed by atoms with Gasteiger partial charge in [0, 0.05) is 0 Å². The Bertz CT molecular complexity index is 174. The summed E-state index contributed by atoms with van der Waals surface area (Å²) in [5.74, 6) is -0.972. The van der Waals surface area contributed by atoms with Crippen LogP contribution < -0.4 is 0 Å². The van der Waals surface area contributed by atoms with Crippen molar-refractivity contribution in [2.45, 2.75) is 85.1 Å². The Balaban J connectivity index is 0. The third-order valence-electron chi connectivity index (χ3n) is 3.15. The molecule has 3 heteroatoms. The quantitative estimate of drug-likeness (QED) is 0.425. The molecule has 0 aromatic rings. The fourth-order valence-electron chi connectivity index (χ4n) is 1.66. The van der Waals surface area contributed by atoms with Crippen LogP contribution in [0.3, 0.4) is 0 Å². The van der Waals surface area contributed by atoms with Crippen molar-refractivity contribution < 1.29 is 9.90 Å². The van der Waals surface area contributed by atoms with E-state index >= 15 is 0 Å². The van der Waals surface area contributed by atoms with Crippen LogP contribution in [0.1, 0.15) is 73.1 Å². The van der Waals surface area contributed by atoms with E-state index in [0.717, 1.165) is 0 Å². The molecule has 0 spiro atoms. The number of carboxylic acid groups (broad SMARTS) is 1. The van der Waals surface area contributed by atoms with Gasteiger partial charge in [-0.15, -0.1) is 0 Å². The Labute approximate surface area is 129 Å². The van der Waals surface area contributed by atoms with E-state index in [1.165, 1.54) is 38.5 Å². The van der Waals surface area contributed by atoms with Crippen molar-refractivity contribution >= 4 is 28.7 Å². The number of hydrogen-bond donors (Lipinski definition) is 1. The van der Waals surface area contributed by atoms with E-state index in [4.69, 9.17) is 5.11 Å². The van der Waals surface area contributed by atoms with Crippen LogP contribution in [-0.2, 0) is 4.79 Å². The van der Waals surface area contributed by atoms with Gasteiger partial charge in [-0.3, -0.25) is 4.79 Å². The van der Waals surface area contributed by atoms with Gasteiger partial charge in [-0.25, -0.2) is 0 Å². The van der Waals surface area contributed by atoms with Gasteiger partial charge in [0.1, 0.15) is 0 Å². The Morgan fingerprint density at radius 1 is 0.895 bits per heavy atom. The molecule has 0 unspecified atom stereocenters. The summed E-state index contributed by atoms with van der Waals surface area (Å²) < 4.78 is 5.09. The zero-order valence-corrected chi connectivity index (χ0v) is 17.7. The van der Waals surface area contributed by atoms with Gasteiger partial charge in [0.25, 0.3) is 0 Å². The second-order valence-electron chi connectivity index (χ2n) is 5.55. The van der Waals surface area contributed by atoms with Crippen LogP contribution in [0.4, 0.5) is 0 Å². The van der Waals surface area contributed by atoms with Crippen molar-refractivity contribution in [3.05, 3.63) is 0 Å². The van der Waals surface area contributed by atoms with Crippen molar-refractivity contribution in [1.82, 2.24) is 0 Å². The first-order valence-corrected chi connectivity index (χ1v) is 16.3. The SMILES string of the molecule is CC(C)C(=O)O.CCC[CH2][Pb]([CH2]CCC)[CH2]CCC. The maximum absolute atomic E-state index is 9.70. The van der Waals surface area contributed by atoms with Crippen molar-refractivity contribution in [1.29, 1.82) is 0 Å². The summed E-state index contributed by atoms with van der Waals surface area (Å²) in [6.07, 6.45) is 8.88. The van der Waals surface area contributed by atoms with Crippen molar-refractivity contribution in [3.63, 3.8) is 0 Å². The maximum atomic E-state index is 9.70. The second-order valence-corrected chi connectivity index (χ2v) is 17.2. The first-order chi connectivity index (χ1) is 8.99. The predicted molar refractivity (Wildman–Crippen MR) is 87.4 cm³/mol. The molecule has 0 atom stereocenters. The molecule has 0 rings (SSSR count). The van der Waals surface area contributed by atoms with Crippen LogP contribution >= 0.6 is 0 Å². The fraction of sp³-hybridized carbons (Fsp3) is 0.938. The number of carboxylic acids is 1. The van der Waals surface area contributed by atoms with Gasteiger partial charge in [-0.1, -0.05) is 13.8 Å². The molecular formula is C16H35O2Pb. The summed E-state index contributed by atoms with van der Waals surface area (Å²) in [7, 11) is 0. The van der Waals surface area contributed by atoms with Gasteiger partial charge in [0.2, 0.25) is 0 Å². The van der Waals surface area contributed by atoms with E-state index < -0.39 is 28.7 Å². The van der Waals surface area contributed by atoms with Crippen LogP contribution in [0.5, 0.6) is 0 Å². The standard InChI is InChI=1S/C4H8O2.3C4H9.Pb/c1-3(2)4(5)6;3*1-3-4-2;/h3H,1-2H3,(H,5,6);3*1,3-4H2,2H3;. The minimum atomic E-state index is -0.995. The van der Waals surface area contributed by atoms with E-state index in [9.17, 15) is 4.79 Å². The van der Waals surface area contributed by atoms with Crippen molar-refractivity contribution in [2.75, 3.05) is 0 Å². The summed E-state index contributed by atoms with van der Waals surface area (Å²) >= 11 is -0.995. The Morgan fingerprint density at radius 2 is 1.16 bits per heavy atom. The summed E-state index contributed by atoms with van der Waals surface area (Å²) in [6, 6.07) is 0. The van der Waals surface area contributed by atoms with Crippen LogP contribution in [0.2, 0.25) is 11.9 Å². The zero-order valence-electron chi connectivity index (χ0n) is 13.8. The third-order valence-corrected chi connectivity index (χ3v) is 15.5. The normalized spacial score (nSPS) is 10.5. The first-order valence-electron chi connectivity index (χ1n) is 8.05. The molecule has 2 nitrogen and oxygen atoms in total. The molecular weight excluding hydrogens is 431 g/mol. The van der Waals surface area contributed by atoms with Crippen LogP contribution in [0, 0.1) is 5.92 Å². The average Bonchev–Trinajstić information content (AvgIpc) is 2.38. The number of unbranched alkanes of at least 4 members (excludes halogenated alkanes) is 3. The van der Waals surface area contributed by atoms with Gasteiger partial charge in [0.15, 0.2) is 0 Å². The molecule has 1 N–H and O–H groups in total. The van der Waals surface area contributed by atoms with Gasteiger partial charge < -0.3 is 5.11 Å². The molecule has 0 aliphatic carbocycles. The van der Waals surface area contributed by atoms with Gasteiger partial charge in [-0.2, -0.15) is 0 Å². The van der Waals surface area contributed by atoms with E-state index in [-0.39, 0.29) is 5.92 Å². The molecule has 0 amide bonds. The van der Waals surface area contributed by atoms with Gasteiger partial charge >= 0.3 is 99.9 Å². The number of aliphatic carboxylic acids is 1. The third kappa shape index (κ3) is 18.4. The topological polar surface area (TPSA) is 37.3 Å². The zero-order chi connectivity index (χ0) is 15.1. The molecule has 0 fully saturated rings. The molecule has 0 saturated heterocycles. The molecule has 0 aromatic heterocycles.